The molecule has 1 aromatic rings. The maximum atomic E-state index is 12.0. The molecule has 3 nitrogen and oxygen atoms in total. The van der Waals surface area contributed by atoms with E-state index in [9.17, 15) is 4.79 Å². The molecule has 2 rings (SSSR count). The van der Waals surface area contributed by atoms with E-state index in [1.165, 1.54) is 17.7 Å². The first-order chi connectivity index (χ1) is 9.18. The minimum atomic E-state index is 0.304. The predicted octanol–water partition coefficient (Wildman–Crippen LogP) is 3.05. The molecule has 1 N–H and O–H groups in total. The van der Waals surface area contributed by atoms with Crippen LogP contribution in [0.25, 0.3) is 0 Å². The first-order valence-corrected chi connectivity index (χ1v) is 8.11. The van der Waals surface area contributed by atoms with Crippen LogP contribution in [0.15, 0.2) is 17.5 Å². The number of amides is 1. The summed E-state index contributed by atoms with van der Waals surface area (Å²) in [5.41, 5.74) is 0. The number of hydrogen-bond acceptors (Lipinski definition) is 3. The van der Waals surface area contributed by atoms with Crippen LogP contribution in [0, 0.1) is 5.92 Å². The average molecular weight is 280 g/mol. The van der Waals surface area contributed by atoms with Crippen molar-refractivity contribution in [2.45, 2.75) is 39.2 Å². The molecule has 1 aliphatic rings. The van der Waals surface area contributed by atoms with Gasteiger partial charge in [-0.05, 0) is 30.2 Å². The van der Waals surface area contributed by atoms with Crippen molar-refractivity contribution >= 4 is 17.2 Å². The number of rotatable bonds is 6. The Balaban J connectivity index is 1.78. The van der Waals surface area contributed by atoms with Crippen molar-refractivity contribution in [1.82, 2.24) is 10.2 Å². The molecule has 0 radical (unpaired) electrons. The second-order valence-electron chi connectivity index (χ2n) is 5.53. The maximum absolute atomic E-state index is 12.0. The number of thiophene rings is 1. The number of hydrogen-bond donors (Lipinski definition) is 1. The molecule has 19 heavy (non-hydrogen) atoms. The van der Waals surface area contributed by atoms with Gasteiger partial charge in [-0.1, -0.05) is 19.9 Å². The van der Waals surface area contributed by atoms with Crippen LogP contribution in [-0.4, -0.2) is 30.4 Å². The summed E-state index contributed by atoms with van der Waals surface area (Å²) in [7, 11) is 0. The Morgan fingerprint density at radius 2 is 2.16 bits per heavy atom. The van der Waals surface area contributed by atoms with E-state index >= 15 is 0 Å². The minimum absolute atomic E-state index is 0.304. The van der Waals surface area contributed by atoms with Crippen molar-refractivity contribution in [3.8, 4) is 0 Å². The molecule has 1 fully saturated rings. The van der Waals surface area contributed by atoms with Crippen LogP contribution in [0.2, 0.25) is 0 Å². The Morgan fingerprint density at radius 1 is 1.42 bits per heavy atom. The van der Waals surface area contributed by atoms with Gasteiger partial charge in [0.15, 0.2) is 0 Å². The fourth-order valence-electron chi connectivity index (χ4n) is 2.59. The van der Waals surface area contributed by atoms with Gasteiger partial charge in [0, 0.05) is 37.0 Å². The molecule has 1 atom stereocenters. The summed E-state index contributed by atoms with van der Waals surface area (Å²) in [6, 6.07) is 4.63. The standard InChI is InChI=1S/C15H24N2OS/c1-12(2)15(13-6-5-11-19-13)16-8-7-14(18)17-9-3-4-10-17/h5-6,11-12,15-16H,3-4,7-10H2,1-2H3. The topological polar surface area (TPSA) is 32.3 Å². The van der Waals surface area contributed by atoms with Crippen LogP contribution in [-0.2, 0) is 4.79 Å². The quantitative estimate of drug-likeness (QED) is 0.868. The van der Waals surface area contributed by atoms with Crippen molar-refractivity contribution in [1.29, 1.82) is 0 Å². The highest BCUT2D eigenvalue weighted by atomic mass is 32.1. The van der Waals surface area contributed by atoms with Crippen LogP contribution in [0.3, 0.4) is 0 Å². The molecule has 0 bridgehead atoms. The lowest BCUT2D eigenvalue weighted by Gasteiger charge is -2.22. The van der Waals surface area contributed by atoms with Crippen molar-refractivity contribution in [2.24, 2.45) is 5.92 Å². The van der Waals surface area contributed by atoms with Crippen LogP contribution in [0.1, 0.15) is 44.0 Å². The molecule has 4 heteroatoms. The zero-order chi connectivity index (χ0) is 13.7. The van der Waals surface area contributed by atoms with E-state index in [1.807, 2.05) is 4.90 Å². The molecular weight excluding hydrogens is 256 g/mol. The molecule has 1 aliphatic heterocycles. The summed E-state index contributed by atoms with van der Waals surface area (Å²) in [6.45, 7) is 7.13. The van der Waals surface area contributed by atoms with Gasteiger partial charge in [-0.25, -0.2) is 0 Å². The third-order valence-electron chi connectivity index (χ3n) is 3.68. The number of carbonyl (C=O) groups excluding carboxylic acids is 1. The lowest BCUT2D eigenvalue weighted by molar-refractivity contribution is -0.130. The number of nitrogens with zero attached hydrogens (tertiary/aromatic N) is 1. The van der Waals surface area contributed by atoms with Crippen LogP contribution < -0.4 is 5.32 Å². The van der Waals surface area contributed by atoms with Gasteiger partial charge >= 0.3 is 0 Å². The molecule has 0 saturated carbocycles. The van der Waals surface area contributed by atoms with Crippen LogP contribution in [0.5, 0.6) is 0 Å². The van der Waals surface area contributed by atoms with Gasteiger partial charge in [0.2, 0.25) is 5.91 Å². The molecule has 1 amide bonds. The second-order valence-corrected chi connectivity index (χ2v) is 6.51. The Hall–Kier alpha value is -0.870. The Bertz CT molecular complexity index is 383. The summed E-state index contributed by atoms with van der Waals surface area (Å²) < 4.78 is 0. The third kappa shape index (κ3) is 4.05. The van der Waals surface area contributed by atoms with E-state index in [-0.39, 0.29) is 0 Å². The van der Waals surface area contributed by atoms with E-state index in [0.717, 1.165) is 19.6 Å². The molecule has 1 saturated heterocycles. The number of nitrogens with one attached hydrogen (secondary N) is 1. The highest BCUT2D eigenvalue weighted by molar-refractivity contribution is 7.10. The van der Waals surface area contributed by atoms with E-state index in [0.29, 0.717) is 24.3 Å². The lowest BCUT2D eigenvalue weighted by Crippen LogP contribution is -2.32. The van der Waals surface area contributed by atoms with E-state index in [4.69, 9.17) is 0 Å². The molecule has 2 heterocycles. The van der Waals surface area contributed by atoms with Gasteiger partial charge in [-0.15, -0.1) is 11.3 Å². The van der Waals surface area contributed by atoms with Crippen LogP contribution in [0.4, 0.5) is 0 Å². The third-order valence-corrected chi connectivity index (χ3v) is 4.63. The average Bonchev–Trinajstić information content (AvgIpc) is 3.05. The van der Waals surface area contributed by atoms with E-state index < -0.39 is 0 Å². The molecule has 0 aromatic carbocycles. The first-order valence-electron chi connectivity index (χ1n) is 7.23. The summed E-state index contributed by atoms with van der Waals surface area (Å²) in [6.07, 6.45) is 2.96. The summed E-state index contributed by atoms with van der Waals surface area (Å²) in [5.74, 6) is 0.847. The molecular formula is C15H24N2OS. The van der Waals surface area contributed by atoms with Crippen molar-refractivity contribution in [3.63, 3.8) is 0 Å². The highest BCUT2D eigenvalue weighted by Gasteiger charge is 2.19. The smallest absolute Gasteiger partial charge is 0.223 e. The fourth-order valence-corrected chi connectivity index (χ4v) is 3.57. The second kappa shape index (κ2) is 7.06. The summed E-state index contributed by atoms with van der Waals surface area (Å²) in [5, 5.41) is 5.65. The zero-order valence-corrected chi connectivity index (χ0v) is 12.7. The molecule has 106 valence electrons. The lowest BCUT2D eigenvalue weighted by atomic mass is 10.0. The summed E-state index contributed by atoms with van der Waals surface area (Å²) in [4.78, 5) is 15.3. The van der Waals surface area contributed by atoms with Gasteiger partial charge < -0.3 is 10.2 Å². The molecule has 1 aromatic heterocycles. The Labute approximate surface area is 120 Å². The van der Waals surface area contributed by atoms with Crippen molar-refractivity contribution < 1.29 is 4.79 Å². The normalized spacial score (nSPS) is 17.1. The highest BCUT2D eigenvalue weighted by Crippen LogP contribution is 2.25. The fraction of sp³-hybridized carbons (Fsp3) is 0.667. The van der Waals surface area contributed by atoms with Crippen LogP contribution >= 0.6 is 11.3 Å². The maximum Gasteiger partial charge on any atom is 0.223 e. The van der Waals surface area contributed by atoms with Gasteiger partial charge in [-0.3, -0.25) is 4.79 Å². The van der Waals surface area contributed by atoms with Crippen molar-refractivity contribution in [2.75, 3.05) is 19.6 Å². The number of carbonyl (C=O) groups is 1. The summed E-state index contributed by atoms with van der Waals surface area (Å²) >= 11 is 1.79. The predicted molar refractivity (Wildman–Crippen MR) is 80.3 cm³/mol. The minimum Gasteiger partial charge on any atom is -0.343 e. The zero-order valence-electron chi connectivity index (χ0n) is 11.9. The van der Waals surface area contributed by atoms with E-state index in [2.05, 4.69) is 36.7 Å². The first kappa shape index (κ1) is 14.5. The van der Waals surface area contributed by atoms with Crippen molar-refractivity contribution in [3.05, 3.63) is 22.4 Å². The van der Waals surface area contributed by atoms with Gasteiger partial charge in [0.1, 0.15) is 0 Å². The molecule has 0 spiro atoms. The van der Waals surface area contributed by atoms with Gasteiger partial charge in [0.05, 0.1) is 0 Å². The van der Waals surface area contributed by atoms with E-state index in [1.54, 1.807) is 11.3 Å². The molecule has 0 aliphatic carbocycles. The number of likely N-dealkylation sites (tertiary alicyclic amines) is 1. The van der Waals surface area contributed by atoms with Gasteiger partial charge in [0.25, 0.3) is 0 Å². The monoisotopic (exact) mass is 280 g/mol. The van der Waals surface area contributed by atoms with Gasteiger partial charge in [-0.2, -0.15) is 0 Å². The Morgan fingerprint density at radius 3 is 2.74 bits per heavy atom. The SMILES string of the molecule is CC(C)C(NCCC(=O)N1CCCC1)c1cccs1. The molecule has 1 unspecified atom stereocenters. The largest absolute Gasteiger partial charge is 0.343 e. The Kier molecular flexibility index (Phi) is 5.40.